The van der Waals surface area contributed by atoms with Crippen molar-refractivity contribution in [2.75, 3.05) is 13.7 Å². The van der Waals surface area contributed by atoms with Gasteiger partial charge in [0.25, 0.3) is 0 Å². The van der Waals surface area contributed by atoms with Gasteiger partial charge in [0.05, 0.1) is 24.5 Å². The number of rotatable bonds is 3. The average Bonchev–Trinajstić information content (AvgIpc) is 2.95. The number of benzene rings is 1. The van der Waals surface area contributed by atoms with E-state index >= 15 is 0 Å². The summed E-state index contributed by atoms with van der Waals surface area (Å²) in [6.07, 6.45) is 1.00. The van der Waals surface area contributed by atoms with Gasteiger partial charge in [0.2, 0.25) is 0 Å². The van der Waals surface area contributed by atoms with Crippen molar-refractivity contribution >= 4 is 0 Å². The minimum Gasteiger partial charge on any atom is -0.493 e. The van der Waals surface area contributed by atoms with Gasteiger partial charge in [0, 0.05) is 19.0 Å². The standard InChI is InChI=1S/C15H19N3O/c1-10-15(18(3)14(17-10)9-16-2)12-4-5-13-11(8-12)6-7-19-13/h4-5,8,16H,6-7,9H2,1-3H3. The molecule has 2 aromatic rings. The van der Waals surface area contributed by atoms with Crippen molar-refractivity contribution in [2.24, 2.45) is 7.05 Å². The van der Waals surface area contributed by atoms with E-state index in [4.69, 9.17) is 4.74 Å². The molecular weight excluding hydrogens is 238 g/mol. The first kappa shape index (κ1) is 12.2. The Labute approximate surface area is 113 Å². The van der Waals surface area contributed by atoms with Crippen LogP contribution in [0.2, 0.25) is 0 Å². The molecule has 0 spiro atoms. The van der Waals surface area contributed by atoms with Crippen LogP contribution >= 0.6 is 0 Å². The molecule has 0 radical (unpaired) electrons. The van der Waals surface area contributed by atoms with Crippen molar-refractivity contribution in [1.29, 1.82) is 0 Å². The number of imidazole rings is 1. The summed E-state index contributed by atoms with van der Waals surface area (Å²) in [5.74, 6) is 2.09. The number of nitrogens with zero attached hydrogens (tertiary/aromatic N) is 2. The van der Waals surface area contributed by atoms with E-state index in [1.165, 1.54) is 16.8 Å². The van der Waals surface area contributed by atoms with Gasteiger partial charge in [-0.05, 0) is 37.7 Å². The van der Waals surface area contributed by atoms with E-state index in [0.29, 0.717) is 0 Å². The third kappa shape index (κ3) is 2.02. The molecule has 1 aliphatic heterocycles. The number of aryl methyl sites for hydroxylation is 1. The lowest BCUT2D eigenvalue weighted by molar-refractivity contribution is 0.357. The molecular formula is C15H19N3O. The van der Waals surface area contributed by atoms with Crippen LogP contribution in [0.1, 0.15) is 17.1 Å². The monoisotopic (exact) mass is 257 g/mol. The number of hydrogen-bond acceptors (Lipinski definition) is 3. The van der Waals surface area contributed by atoms with Gasteiger partial charge in [0.15, 0.2) is 0 Å². The summed E-state index contributed by atoms with van der Waals surface area (Å²) in [7, 11) is 4.02. The summed E-state index contributed by atoms with van der Waals surface area (Å²) in [5.41, 5.74) is 4.79. The molecule has 0 saturated heterocycles. The minimum atomic E-state index is 0.783. The van der Waals surface area contributed by atoms with E-state index in [2.05, 4.69) is 47.0 Å². The highest BCUT2D eigenvalue weighted by Crippen LogP contribution is 2.31. The van der Waals surface area contributed by atoms with Crippen molar-refractivity contribution in [3.05, 3.63) is 35.3 Å². The Hall–Kier alpha value is -1.81. The summed E-state index contributed by atoms with van der Waals surface area (Å²) < 4.78 is 7.73. The second-order valence-electron chi connectivity index (χ2n) is 4.97. The molecule has 0 amide bonds. The van der Waals surface area contributed by atoms with Crippen LogP contribution in [0.4, 0.5) is 0 Å². The van der Waals surface area contributed by atoms with Crippen LogP contribution < -0.4 is 10.1 Å². The number of fused-ring (bicyclic) bond motifs is 1. The summed E-state index contributed by atoms with van der Waals surface area (Å²) in [6.45, 7) is 3.65. The lowest BCUT2D eigenvalue weighted by Gasteiger charge is -2.08. The molecule has 19 heavy (non-hydrogen) atoms. The topological polar surface area (TPSA) is 39.1 Å². The Balaban J connectivity index is 2.07. The quantitative estimate of drug-likeness (QED) is 0.914. The van der Waals surface area contributed by atoms with Crippen LogP contribution in [-0.2, 0) is 20.0 Å². The second-order valence-corrected chi connectivity index (χ2v) is 4.97. The predicted octanol–water partition coefficient (Wildman–Crippen LogP) is 2.05. The molecule has 0 unspecified atom stereocenters. The molecule has 0 fully saturated rings. The fraction of sp³-hybridized carbons (Fsp3) is 0.400. The van der Waals surface area contributed by atoms with Crippen LogP contribution in [0.15, 0.2) is 18.2 Å². The first-order valence-corrected chi connectivity index (χ1v) is 6.63. The van der Waals surface area contributed by atoms with E-state index in [-0.39, 0.29) is 0 Å². The molecule has 0 atom stereocenters. The first-order chi connectivity index (χ1) is 9.20. The van der Waals surface area contributed by atoms with Crippen molar-refractivity contribution in [3.63, 3.8) is 0 Å². The van der Waals surface area contributed by atoms with Crippen molar-refractivity contribution in [1.82, 2.24) is 14.9 Å². The van der Waals surface area contributed by atoms with Crippen LogP contribution in [0.5, 0.6) is 5.75 Å². The van der Waals surface area contributed by atoms with Crippen LogP contribution in [-0.4, -0.2) is 23.2 Å². The van der Waals surface area contributed by atoms with E-state index < -0.39 is 0 Å². The van der Waals surface area contributed by atoms with Crippen LogP contribution in [0, 0.1) is 6.92 Å². The Morgan fingerprint density at radius 1 is 1.42 bits per heavy atom. The van der Waals surface area contributed by atoms with Crippen LogP contribution in [0.25, 0.3) is 11.3 Å². The normalized spacial score (nSPS) is 13.4. The molecule has 3 rings (SSSR count). The van der Waals surface area contributed by atoms with E-state index in [9.17, 15) is 0 Å². The molecule has 1 aromatic heterocycles. The number of hydrogen-bond donors (Lipinski definition) is 1. The molecule has 4 heteroatoms. The summed E-state index contributed by atoms with van der Waals surface area (Å²) in [5, 5.41) is 3.16. The lowest BCUT2D eigenvalue weighted by atomic mass is 10.1. The molecule has 1 N–H and O–H groups in total. The Bertz CT molecular complexity index is 616. The summed E-state index contributed by atoms with van der Waals surface area (Å²) in [4.78, 5) is 4.64. The van der Waals surface area contributed by atoms with Gasteiger partial charge >= 0.3 is 0 Å². The number of aromatic nitrogens is 2. The van der Waals surface area contributed by atoms with Crippen LogP contribution in [0.3, 0.4) is 0 Å². The maximum atomic E-state index is 5.56. The predicted molar refractivity (Wildman–Crippen MR) is 75.3 cm³/mol. The van der Waals surface area contributed by atoms with Crippen molar-refractivity contribution in [3.8, 4) is 17.0 Å². The molecule has 2 heterocycles. The lowest BCUT2D eigenvalue weighted by Crippen LogP contribution is -2.10. The van der Waals surface area contributed by atoms with Crippen molar-refractivity contribution in [2.45, 2.75) is 19.9 Å². The minimum absolute atomic E-state index is 0.783. The highest BCUT2D eigenvalue weighted by molar-refractivity contribution is 5.65. The molecule has 100 valence electrons. The molecule has 0 bridgehead atoms. The second kappa shape index (κ2) is 4.70. The molecule has 0 saturated carbocycles. The highest BCUT2D eigenvalue weighted by Gasteiger charge is 2.17. The van der Waals surface area contributed by atoms with Gasteiger partial charge < -0.3 is 14.6 Å². The fourth-order valence-electron chi connectivity index (χ4n) is 2.75. The Morgan fingerprint density at radius 2 is 2.26 bits per heavy atom. The SMILES string of the molecule is CNCc1nc(C)c(-c2ccc3c(c2)CCO3)n1C. The number of nitrogens with one attached hydrogen (secondary N) is 1. The maximum Gasteiger partial charge on any atom is 0.123 e. The summed E-state index contributed by atoms with van der Waals surface area (Å²) in [6, 6.07) is 6.43. The van der Waals surface area contributed by atoms with Gasteiger partial charge in [-0.2, -0.15) is 0 Å². The first-order valence-electron chi connectivity index (χ1n) is 6.63. The Morgan fingerprint density at radius 3 is 3.05 bits per heavy atom. The largest absolute Gasteiger partial charge is 0.493 e. The van der Waals surface area contributed by atoms with E-state index in [1.54, 1.807) is 0 Å². The van der Waals surface area contributed by atoms with Crippen molar-refractivity contribution < 1.29 is 4.74 Å². The zero-order chi connectivity index (χ0) is 13.4. The fourth-order valence-corrected chi connectivity index (χ4v) is 2.75. The van der Waals surface area contributed by atoms with E-state index in [0.717, 1.165) is 36.8 Å². The highest BCUT2D eigenvalue weighted by atomic mass is 16.5. The third-order valence-corrected chi connectivity index (χ3v) is 3.66. The zero-order valence-electron chi connectivity index (χ0n) is 11.7. The molecule has 4 nitrogen and oxygen atoms in total. The van der Waals surface area contributed by atoms with Gasteiger partial charge in [0.1, 0.15) is 11.6 Å². The smallest absolute Gasteiger partial charge is 0.123 e. The third-order valence-electron chi connectivity index (χ3n) is 3.66. The van der Waals surface area contributed by atoms with Gasteiger partial charge in [-0.1, -0.05) is 0 Å². The Kier molecular flexibility index (Phi) is 3.03. The van der Waals surface area contributed by atoms with Gasteiger partial charge in [-0.15, -0.1) is 0 Å². The summed E-state index contributed by atoms with van der Waals surface area (Å²) >= 11 is 0. The maximum absolute atomic E-state index is 5.56. The number of ether oxygens (including phenoxy) is 1. The van der Waals surface area contributed by atoms with Gasteiger partial charge in [-0.3, -0.25) is 0 Å². The molecule has 1 aromatic carbocycles. The average molecular weight is 257 g/mol. The zero-order valence-corrected chi connectivity index (χ0v) is 11.7. The molecule has 0 aliphatic carbocycles. The van der Waals surface area contributed by atoms with Gasteiger partial charge in [-0.25, -0.2) is 4.98 Å². The molecule has 1 aliphatic rings. The van der Waals surface area contributed by atoms with E-state index in [1.807, 2.05) is 7.05 Å².